The molecule has 1 aromatic heterocycles. The number of nitrogens with one attached hydrogen (secondary N) is 1. The molecule has 2 saturated heterocycles. The van der Waals surface area contributed by atoms with Crippen molar-refractivity contribution in [3.63, 3.8) is 0 Å². The lowest BCUT2D eigenvalue weighted by atomic mass is 10.0. The molecular formula is C15H24N4O. The summed E-state index contributed by atoms with van der Waals surface area (Å²) < 4.78 is 2.03. The Bertz CT molecular complexity index is 464. The number of rotatable bonds is 2. The SMILES string of the molecule is Cc1cnn(C2CCCN(C(=O)[C@H]3CCCCN3)C2)c1. The minimum Gasteiger partial charge on any atom is -0.339 e. The van der Waals surface area contributed by atoms with Gasteiger partial charge < -0.3 is 10.2 Å². The molecule has 0 saturated carbocycles. The summed E-state index contributed by atoms with van der Waals surface area (Å²) in [6.45, 7) is 4.74. The number of carbonyl (C=O) groups excluding carboxylic acids is 1. The van der Waals surface area contributed by atoms with Gasteiger partial charge >= 0.3 is 0 Å². The van der Waals surface area contributed by atoms with Crippen LogP contribution in [-0.4, -0.2) is 46.3 Å². The molecule has 1 unspecified atom stereocenters. The van der Waals surface area contributed by atoms with Gasteiger partial charge in [0.2, 0.25) is 5.91 Å². The van der Waals surface area contributed by atoms with Crippen molar-refractivity contribution in [2.45, 2.75) is 51.1 Å². The first-order valence-electron chi connectivity index (χ1n) is 7.77. The largest absolute Gasteiger partial charge is 0.339 e. The second-order valence-electron chi connectivity index (χ2n) is 6.08. The smallest absolute Gasteiger partial charge is 0.239 e. The summed E-state index contributed by atoms with van der Waals surface area (Å²) in [7, 11) is 0. The topological polar surface area (TPSA) is 50.2 Å². The molecule has 2 aliphatic heterocycles. The molecule has 0 radical (unpaired) electrons. The van der Waals surface area contributed by atoms with E-state index in [2.05, 4.69) is 23.5 Å². The molecule has 5 nitrogen and oxygen atoms in total. The van der Waals surface area contributed by atoms with E-state index < -0.39 is 0 Å². The summed E-state index contributed by atoms with van der Waals surface area (Å²) in [5.41, 5.74) is 1.18. The van der Waals surface area contributed by atoms with E-state index in [1.807, 2.05) is 15.8 Å². The molecule has 110 valence electrons. The fourth-order valence-electron chi connectivity index (χ4n) is 3.29. The van der Waals surface area contributed by atoms with Gasteiger partial charge in [-0.05, 0) is 44.7 Å². The van der Waals surface area contributed by atoms with Gasteiger partial charge in [-0.1, -0.05) is 6.42 Å². The standard InChI is InChI=1S/C15H24N4O/c1-12-9-17-19(10-12)13-5-4-8-18(11-13)15(20)14-6-2-3-7-16-14/h9-10,13-14,16H,2-8,11H2,1H3/t13?,14-/m1/s1. The Balaban J connectivity index is 1.63. The van der Waals surface area contributed by atoms with Crippen molar-refractivity contribution in [1.82, 2.24) is 20.0 Å². The van der Waals surface area contributed by atoms with Crippen molar-refractivity contribution in [3.8, 4) is 0 Å². The predicted molar refractivity (Wildman–Crippen MR) is 77.5 cm³/mol. The van der Waals surface area contributed by atoms with E-state index in [1.54, 1.807) is 0 Å². The molecule has 0 bridgehead atoms. The first-order valence-corrected chi connectivity index (χ1v) is 7.77. The van der Waals surface area contributed by atoms with Crippen molar-refractivity contribution in [3.05, 3.63) is 18.0 Å². The van der Waals surface area contributed by atoms with E-state index in [4.69, 9.17) is 0 Å². The number of piperidine rings is 2. The number of amides is 1. The third kappa shape index (κ3) is 2.87. The zero-order valence-corrected chi connectivity index (χ0v) is 12.2. The Labute approximate surface area is 120 Å². The summed E-state index contributed by atoms with van der Waals surface area (Å²) in [6.07, 6.45) is 9.50. The van der Waals surface area contributed by atoms with Crippen molar-refractivity contribution in [1.29, 1.82) is 0 Å². The highest BCUT2D eigenvalue weighted by molar-refractivity contribution is 5.82. The van der Waals surface area contributed by atoms with Crippen LogP contribution < -0.4 is 5.32 Å². The Morgan fingerprint density at radius 3 is 2.95 bits per heavy atom. The lowest BCUT2D eigenvalue weighted by Gasteiger charge is -2.36. The number of aromatic nitrogens is 2. The van der Waals surface area contributed by atoms with Crippen LogP contribution in [0.2, 0.25) is 0 Å². The summed E-state index contributed by atoms with van der Waals surface area (Å²) in [4.78, 5) is 14.6. The van der Waals surface area contributed by atoms with E-state index in [0.717, 1.165) is 38.9 Å². The second kappa shape index (κ2) is 5.95. The van der Waals surface area contributed by atoms with Crippen LogP contribution in [-0.2, 0) is 4.79 Å². The van der Waals surface area contributed by atoms with Crippen molar-refractivity contribution < 1.29 is 4.79 Å². The number of aryl methyl sites for hydroxylation is 1. The summed E-state index contributed by atoms with van der Waals surface area (Å²) in [5, 5.41) is 7.77. The molecule has 2 aliphatic rings. The highest BCUT2D eigenvalue weighted by Crippen LogP contribution is 2.22. The van der Waals surface area contributed by atoms with E-state index in [1.165, 1.54) is 18.4 Å². The van der Waals surface area contributed by atoms with Gasteiger partial charge in [-0.25, -0.2) is 0 Å². The van der Waals surface area contributed by atoms with Crippen molar-refractivity contribution in [2.24, 2.45) is 0 Å². The van der Waals surface area contributed by atoms with Gasteiger partial charge in [-0.2, -0.15) is 5.10 Å². The maximum atomic E-state index is 12.6. The van der Waals surface area contributed by atoms with Crippen LogP contribution in [0.5, 0.6) is 0 Å². The first-order chi connectivity index (χ1) is 9.74. The van der Waals surface area contributed by atoms with Crippen LogP contribution in [0.1, 0.15) is 43.7 Å². The van der Waals surface area contributed by atoms with Crippen LogP contribution in [0.3, 0.4) is 0 Å². The van der Waals surface area contributed by atoms with Gasteiger partial charge in [0.1, 0.15) is 0 Å². The normalized spacial score (nSPS) is 27.6. The average molecular weight is 276 g/mol. The fourth-order valence-corrected chi connectivity index (χ4v) is 3.29. The lowest BCUT2D eigenvalue weighted by Crippen LogP contribution is -2.51. The third-order valence-electron chi connectivity index (χ3n) is 4.42. The molecule has 2 fully saturated rings. The molecule has 2 atom stereocenters. The minimum atomic E-state index is 0.0434. The average Bonchev–Trinajstić information content (AvgIpc) is 2.94. The highest BCUT2D eigenvalue weighted by atomic mass is 16.2. The predicted octanol–water partition coefficient (Wildman–Crippen LogP) is 1.50. The van der Waals surface area contributed by atoms with Crippen LogP contribution >= 0.6 is 0 Å². The van der Waals surface area contributed by atoms with E-state index in [9.17, 15) is 4.79 Å². The van der Waals surface area contributed by atoms with Crippen LogP contribution in [0.4, 0.5) is 0 Å². The van der Waals surface area contributed by atoms with Gasteiger partial charge in [0.25, 0.3) is 0 Å². The minimum absolute atomic E-state index is 0.0434. The van der Waals surface area contributed by atoms with Gasteiger partial charge in [-0.15, -0.1) is 0 Å². The van der Waals surface area contributed by atoms with Crippen LogP contribution in [0.25, 0.3) is 0 Å². The van der Waals surface area contributed by atoms with Gasteiger partial charge in [0.15, 0.2) is 0 Å². The maximum absolute atomic E-state index is 12.6. The number of hydrogen-bond donors (Lipinski definition) is 1. The van der Waals surface area contributed by atoms with Gasteiger partial charge in [0.05, 0.1) is 18.3 Å². The Morgan fingerprint density at radius 2 is 2.25 bits per heavy atom. The lowest BCUT2D eigenvalue weighted by molar-refractivity contribution is -0.135. The summed E-state index contributed by atoms with van der Waals surface area (Å²) in [5.74, 6) is 0.290. The zero-order chi connectivity index (χ0) is 13.9. The molecule has 0 spiro atoms. The molecule has 20 heavy (non-hydrogen) atoms. The van der Waals surface area contributed by atoms with Crippen LogP contribution in [0.15, 0.2) is 12.4 Å². The number of hydrogen-bond acceptors (Lipinski definition) is 3. The van der Waals surface area contributed by atoms with Crippen molar-refractivity contribution in [2.75, 3.05) is 19.6 Å². The zero-order valence-electron chi connectivity index (χ0n) is 12.2. The Morgan fingerprint density at radius 1 is 1.35 bits per heavy atom. The van der Waals surface area contributed by atoms with E-state index in [-0.39, 0.29) is 6.04 Å². The molecule has 1 amide bonds. The molecule has 3 rings (SSSR count). The number of nitrogens with zero attached hydrogens (tertiary/aromatic N) is 3. The van der Waals surface area contributed by atoms with E-state index >= 15 is 0 Å². The Kier molecular flexibility index (Phi) is 4.05. The van der Waals surface area contributed by atoms with E-state index in [0.29, 0.717) is 11.9 Å². The molecule has 1 aromatic rings. The third-order valence-corrected chi connectivity index (χ3v) is 4.42. The Hall–Kier alpha value is -1.36. The van der Waals surface area contributed by atoms with Gasteiger partial charge in [0, 0.05) is 19.3 Å². The number of carbonyl (C=O) groups is 1. The van der Waals surface area contributed by atoms with Crippen LogP contribution in [0, 0.1) is 6.92 Å². The second-order valence-corrected chi connectivity index (χ2v) is 6.08. The fraction of sp³-hybridized carbons (Fsp3) is 0.733. The molecule has 5 heteroatoms. The summed E-state index contributed by atoms with van der Waals surface area (Å²) >= 11 is 0. The highest BCUT2D eigenvalue weighted by Gasteiger charge is 2.30. The monoisotopic (exact) mass is 276 g/mol. The molecule has 0 aliphatic carbocycles. The molecular weight excluding hydrogens is 252 g/mol. The maximum Gasteiger partial charge on any atom is 0.239 e. The van der Waals surface area contributed by atoms with Gasteiger partial charge in [-0.3, -0.25) is 9.48 Å². The number of likely N-dealkylation sites (tertiary alicyclic amines) is 1. The quantitative estimate of drug-likeness (QED) is 0.890. The first kappa shape index (κ1) is 13.6. The van der Waals surface area contributed by atoms with Crippen molar-refractivity contribution >= 4 is 5.91 Å². The molecule has 0 aromatic carbocycles. The summed E-state index contributed by atoms with van der Waals surface area (Å²) in [6, 6.07) is 0.381. The molecule has 1 N–H and O–H groups in total. The molecule has 3 heterocycles.